The minimum Gasteiger partial charge on any atom is -0.396 e. The van der Waals surface area contributed by atoms with E-state index in [9.17, 15) is 14.7 Å². The van der Waals surface area contributed by atoms with Crippen LogP contribution >= 0.6 is 0 Å². The fraction of sp³-hybridized carbons (Fsp3) is 0.438. The van der Waals surface area contributed by atoms with E-state index in [4.69, 9.17) is 0 Å². The van der Waals surface area contributed by atoms with Crippen LogP contribution in [0.25, 0.3) is 0 Å². The van der Waals surface area contributed by atoms with E-state index in [1.54, 1.807) is 11.9 Å². The van der Waals surface area contributed by atoms with Gasteiger partial charge in [-0.1, -0.05) is 13.0 Å². The molecule has 6 nitrogen and oxygen atoms in total. The second-order valence-electron chi connectivity index (χ2n) is 5.95. The summed E-state index contributed by atoms with van der Waals surface area (Å²) in [6.45, 7) is 1.92. The first-order chi connectivity index (χ1) is 10.5. The number of amides is 2. The van der Waals surface area contributed by atoms with E-state index < -0.39 is 0 Å². The molecule has 2 aliphatic rings. The van der Waals surface area contributed by atoms with Crippen molar-refractivity contribution in [1.29, 1.82) is 0 Å². The Morgan fingerprint density at radius 2 is 2.14 bits per heavy atom. The van der Waals surface area contributed by atoms with Crippen molar-refractivity contribution in [3.8, 4) is 0 Å². The van der Waals surface area contributed by atoms with Crippen molar-refractivity contribution in [2.75, 3.05) is 18.6 Å². The lowest BCUT2D eigenvalue weighted by Gasteiger charge is -2.31. The molecule has 116 valence electrons. The van der Waals surface area contributed by atoms with Gasteiger partial charge in [0.25, 0.3) is 0 Å². The zero-order valence-corrected chi connectivity index (χ0v) is 12.7. The maximum absolute atomic E-state index is 11.9. The van der Waals surface area contributed by atoms with Crippen molar-refractivity contribution in [2.45, 2.75) is 25.7 Å². The Morgan fingerprint density at radius 3 is 2.86 bits per heavy atom. The molecule has 2 heterocycles. The van der Waals surface area contributed by atoms with Gasteiger partial charge in [0, 0.05) is 31.5 Å². The van der Waals surface area contributed by atoms with Crippen molar-refractivity contribution in [2.24, 2.45) is 11.0 Å². The summed E-state index contributed by atoms with van der Waals surface area (Å²) in [5, 5.41) is 13.6. The van der Waals surface area contributed by atoms with Gasteiger partial charge in [0.15, 0.2) is 0 Å². The first-order valence-corrected chi connectivity index (χ1v) is 7.39. The normalized spacial score (nSPS) is 24.7. The Morgan fingerprint density at radius 1 is 1.36 bits per heavy atom. The molecule has 0 aromatic heterocycles. The number of benzene rings is 1. The minimum atomic E-state index is -0.287. The monoisotopic (exact) mass is 301 g/mol. The maximum atomic E-state index is 11.9. The minimum absolute atomic E-state index is 0.114. The molecule has 3 rings (SSSR count). The number of hydrogen-bond donors (Lipinski definition) is 2. The molecule has 2 atom stereocenters. The van der Waals surface area contributed by atoms with E-state index >= 15 is 0 Å². The molecule has 0 spiro atoms. The summed E-state index contributed by atoms with van der Waals surface area (Å²) in [7, 11) is 1.78. The molecular formula is C16H19N3O3. The van der Waals surface area contributed by atoms with Crippen LogP contribution in [0.15, 0.2) is 23.3 Å². The van der Waals surface area contributed by atoms with Gasteiger partial charge in [-0.25, -0.2) is 5.43 Å². The Labute approximate surface area is 128 Å². The average molecular weight is 301 g/mol. The highest BCUT2D eigenvalue weighted by Crippen LogP contribution is 2.36. The summed E-state index contributed by atoms with van der Waals surface area (Å²) >= 11 is 0. The van der Waals surface area contributed by atoms with Crippen molar-refractivity contribution in [1.82, 2.24) is 5.43 Å². The van der Waals surface area contributed by atoms with Crippen LogP contribution in [-0.2, 0) is 9.59 Å². The first-order valence-electron chi connectivity index (χ1n) is 7.39. The van der Waals surface area contributed by atoms with Crippen molar-refractivity contribution in [3.63, 3.8) is 0 Å². The fourth-order valence-electron chi connectivity index (χ4n) is 3.09. The summed E-state index contributed by atoms with van der Waals surface area (Å²) in [4.78, 5) is 25.0. The van der Waals surface area contributed by atoms with Gasteiger partial charge in [-0.3, -0.25) is 9.59 Å². The van der Waals surface area contributed by atoms with Crippen LogP contribution in [0, 0.1) is 5.92 Å². The lowest BCUT2D eigenvalue weighted by atomic mass is 9.86. The highest BCUT2D eigenvalue weighted by atomic mass is 16.3. The molecule has 1 aromatic carbocycles. The second kappa shape index (κ2) is 5.53. The van der Waals surface area contributed by atoms with E-state index in [1.807, 2.05) is 25.1 Å². The Balaban J connectivity index is 2.02. The highest BCUT2D eigenvalue weighted by Gasteiger charge is 2.29. The Hall–Kier alpha value is -2.21. The molecule has 1 aromatic rings. The van der Waals surface area contributed by atoms with Crippen LogP contribution in [0.2, 0.25) is 0 Å². The summed E-state index contributed by atoms with van der Waals surface area (Å²) in [6.07, 6.45) is 0.722. The first kappa shape index (κ1) is 14.7. The van der Waals surface area contributed by atoms with Gasteiger partial charge in [-0.2, -0.15) is 5.10 Å². The third-order valence-corrected chi connectivity index (χ3v) is 4.41. The maximum Gasteiger partial charge on any atom is 0.240 e. The SMILES string of the molecule is CC1CC(=O)N(C)c2ccc(C3=NNC(=O)CC3CO)cc21. The number of carbonyl (C=O) groups is 2. The summed E-state index contributed by atoms with van der Waals surface area (Å²) in [6, 6.07) is 5.81. The Bertz CT molecular complexity index is 669. The van der Waals surface area contributed by atoms with E-state index in [1.165, 1.54) is 0 Å². The van der Waals surface area contributed by atoms with Gasteiger partial charge in [0.05, 0.1) is 12.3 Å². The number of hydrogen-bond acceptors (Lipinski definition) is 4. The van der Waals surface area contributed by atoms with Crippen molar-refractivity contribution in [3.05, 3.63) is 29.3 Å². The molecule has 2 amide bonds. The van der Waals surface area contributed by atoms with Crippen LogP contribution < -0.4 is 10.3 Å². The molecule has 0 saturated carbocycles. The van der Waals surface area contributed by atoms with Gasteiger partial charge in [0.1, 0.15) is 0 Å². The predicted molar refractivity (Wildman–Crippen MR) is 82.8 cm³/mol. The molecule has 0 bridgehead atoms. The number of aliphatic hydroxyl groups excluding tert-OH is 1. The van der Waals surface area contributed by atoms with E-state index in [0.29, 0.717) is 12.1 Å². The van der Waals surface area contributed by atoms with Gasteiger partial charge in [0.2, 0.25) is 11.8 Å². The van der Waals surface area contributed by atoms with E-state index in [0.717, 1.165) is 16.8 Å². The number of carbonyl (C=O) groups excluding carboxylic acids is 2. The van der Waals surface area contributed by atoms with Crippen LogP contribution in [0.1, 0.15) is 36.8 Å². The molecule has 22 heavy (non-hydrogen) atoms. The van der Waals surface area contributed by atoms with Gasteiger partial charge in [-0.15, -0.1) is 0 Å². The average Bonchev–Trinajstić information content (AvgIpc) is 2.52. The largest absolute Gasteiger partial charge is 0.396 e. The number of hydrazone groups is 1. The standard InChI is InChI=1S/C16H19N3O3/c1-9-5-15(22)19(2)13-4-3-10(6-12(9)13)16-11(8-20)7-14(21)17-18-16/h3-4,6,9,11,20H,5,7-8H2,1-2H3,(H,17,21). The van der Waals surface area contributed by atoms with E-state index in [2.05, 4.69) is 10.5 Å². The lowest BCUT2D eigenvalue weighted by molar-refractivity contribution is -0.122. The summed E-state index contributed by atoms with van der Waals surface area (Å²) < 4.78 is 0. The smallest absolute Gasteiger partial charge is 0.240 e. The molecule has 2 aliphatic heterocycles. The summed E-state index contributed by atoms with van der Waals surface area (Å²) in [5.41, 5.74) is 6.05. The zero-order valence-electron chi connectivity index (χ0n) is 12.7. The van der Waals surface area contributed by atoms with Gasteiger partial charge >= 0.3 is 0 Å². The molecule has 6 heteroatoms. The van der Waals surface area contributed by atoms with Crippen LogP contribution in [-0.4, -0.2) is 36.3 Å². The molecule has 2 unspecified atom stereocenters. The number of nitrogens with one attached hydrogen (secondary N) is 1. The Kier molecular flexibility index (Phi) is 3.70. The number of aliphatic hydroxyl groups is 1. The quantitative estimate of drug-likeness (QED) is 0.854. The predicted octanol–water partition coefficient (Wildman–Crippen LogP) is 0.989. The third-order valence-electron chi connectivity index (χ3n) is 4.41. The zero-order chi connectivity index (χ0) is 15.9. The highest BCUT2D eigenvalue weighted by molar-refractivity contribution is 6.07. The molecule has 2 N–H and O–H groups in total. The van der Waals surface area contributed by atoms with Crippen LogP contribution in [0.3, 0.4) is 0 Å². The second-order valence-corrected chi connectivity index (χ2v) is 5.95. The molecule has 0 saturated heterocycles. The van der Waals surface area contributed by atoms with Crippen molar-refractivity contribution >= 4 is 23.2 Å². The summed E-state index contributed by atoms with van der Waals surface area (Å²) in [5.74, 6) is -0.210. The number of rotatable bonds is 2. The van der Waals surface area contributed by atoms with Crippen molar-refractivity contribution < 1.29 is 14.7 Å². The molecule has 0 fully saturated rings. The van der Waals surface area contributed by atoms with Gasteiger partial charge < -0.3 is 10.0 Å². The molecule has 0 aliphatic carbocycles. The van der Waals surface area contributed by atoms with Gasteiger partial charge in [-0.05, 0) is 29.2 Å². The number of fused-ring (bicyclic) bond motifs is 1. The number of nitrogens with zero attached hydrogens (tertiary/aromatic N) is 2. The van der Waals surface area contributed by atoms with Crippen LogP contribution in [0.4, 0.5) is 5.69 Å². The topological polar surface area (TPSA) is 82.0 Å². The number of anilines is 1. The van der Waals surface area contributed by atoms with Crippen LogP contribution in [0.5, 0.6) is 0 Å². The van der Waals surface area contributed by atoms with E-state index in [-0.39, 0.29) is 36.7 Å². The fourth-order valence-corrected chi connectivity index (χ4v) is 3.09. The third kappa shape index (κ3) is 2.39. The lowest BCUT2D eigenvalue weighted by Crippen LogP contribution is -2.36. The molecule has 0 radical (unpaired) electrons. The molecular weight excluding hydrogens is 282 g/mol.